The van der Waals surface area contributed by atoms with E-state index in [1.165, 1.54) is 4.90 Å². The fourth-order valence-corrected chi connectivity index (χ4v) is 5.15. The van der Waals surface area contributed by atoms with Gasteiger partial charge in [0.1, 0.15) is 30.5 Å². The van der Waals surface area contributed by atoms with Crippen molar-refractivity contribution in [1.29, 1.82) is 0 Å². The molecule has 0 saturated carbocycles. The lowest BCUT2D eigenvalue weighted by atomic mass is 10.00. The van der Waals surface area contributed by atoms with E-state index in [9.17, 15) is 40.9 Å². The molecule has 63 heavy (non-hydrogen) atoms. The smallest absolute Gasteiger partial charge is 0.111 e. The SMILES string of the molecule is CC[C@@H](O)[C@@H](O)[C@H](O)[C@@H](O)CN(CCOCCOCCOCCOCCOCCOCCOCCOCCOCCOCCOCCOCCNC)C[C@H](O)[C@@H](O)[C@H](O)[C@H](O)CO. The molecule has 0 amide bonds. The topological polar surface area (TPSA) is 308 Å². The quantitative estimate of drug-likeness (QED) is 0.0256. The second-order valence-electron chi connectivity index (χ2n) is 14.0. The molecule has 0 unspecified atom stereocenters. The summed E-state index contributed by atoms with van der Waals surface area (Å²) in [5.41, 5.74) is 0. The molecule has 0 aromatic rings. The van der Waals surface area contributed by atoms with E-state index in [2.05, 4.69) is 5.32 Å². The number of aliphatic hydroxyl groups excluding tert-OH is 9. The van der Waals surface area contributed by atoms with Crippen molar-refractivity contribution >= 4 is 0 Å². The zero-order chi connectivity index (χ0) is 46.6. The van der Waals surface area contributed by atoms with Crippen LogP contribution in [0.1, 0.15) is 13.3 Å². The average molecular weight is 929 g/mol. The van der Waals surface area contributed by atoms with Gasteiger partial charge in [0.25, 0.3) is 0 Å². The van der Waals surface area contributed by atoms with Gasteiger partial charge in [-0.05, 0) is 13.5 Å². The van der Waals surface area contributed by atoms with Crippen LogP contribution >= 0.6 is 0 Å². The standard InChI is InChI=1S/C40H84N2O21/c1-3-33(44)37(48)38(49)34(45)30-42(31-35(46)39(50)40(51)36(47)32-43)5-7-53-9-11-55-13-15-57-17-19-59-21-23-61-25-27-63-29-28-62-26-24-60-22-20-58-18-16-56-14-12-54-10-8-52-6-4-41-2/h33-41,43-51H,3-32H2,1-2H3/t33-,34+,35+,36-,37-,38-,39-,40-/m1/s1. The van der Waals surface area contributed by atoms with Crippen LogP contribution in [0.2, 0.25) is 0 Å². The highest BCUT2D eigenvalue weighted by Gasteiger charge is 2.34. The highest BCUT2D eigenvalue weighted by Crippen LogP contribution is 2.12. The van der Waals surface area contributed by atoms with Crippen molar-refractivity contribution in [3.8, 4) is 0 Å². The van der Waals surface area contributed by atoms with Crippen LogP contribution in [-0.4, -0.2) is 298 Å². The van der Waals surface area contributed by atoms with Crippen molar-refractivity contribution < 1.29 is 103 Å². The van der Waals surface area contributed by atoms with E-state index in [1.54, 1.807) is 6.92 Å². The van der Waals surface area contributed by atoms with Crippen LogP contribution in [0.25, 0.3) is 0 Å². The fourth-order valence-electron chi connectivity index (χ4n) is 5.15. The molecule has 23 nitrogen and oxygen atoms in total. The molecule has 0 saturated heterocycles. The first-order valence-corrected chi connectivity index (χ1v) is 22.0. The largest absolute Gasteiger partial charge is 0.394 e. The second kappa shape index (κ2) is 46.2. The van der Waals surface area contributed by atoms with E-state index in [1.807, 2.05) is 7.05 Å². The van der Waals surface area contributed by atoms with Crippen LogP contribution in [0.4, 0.5) is 0 Å². The van der Waals surface area contributed by atoms with Crippen LogP contribution < -0.4 is 5.32 Å². The van der Waals surface area contributed by atoms with Gasteiger partial charge in [-0.25, -0.2) is 0 Å². The van der Waals surface area contributed by atoms with Crippen LogP contribution in [0, 0.1) is 0 Å². The van der Waals surface area contributed by atoms with Gasteiger partial charge in [-0.2, -0.15) is 0 Å². The van der Waals surface area contributed by atoms with Crippen molar-refractivity contribution in [2.75, 3.05) is 198 Å². The predicted octanol–water partition coefficient (Wildman–Crippen LogP) is -5.00. The van der Waals surface area contributed by atoms with Gasteiger partial charge in [-0.3, -0.25) is 4.90 Å². The molecule has 0 rings (SSSR count). The molecule has 0 bridgehead atoms. The highest BCUT2D eigenvalue weighted by atomic mass is 16.6. The zero-order valence-electron chi connectivity index (χ0n) is 37.7. The third-order valence-electron chi connectivity index (χ3n) is 8.91. The third kappa shape index (κ3) is 37.8. The molecule has 0 aromatic heterocycles. The van der Waals surface area contributed by atoms with E-state index >= 15 is 0 Å². The molecule has 0 heterocycles. The summed E-state index contributed by atoms with van der Waals surface area (Å²) in [4.78, 5) is 1.41. The van der Waals surface area contributed by atoms with Gasteiger partial charge < -0.3 is 108 Å². The van der Waals surface area contributed by atoms with Crippen molar-refractivity contribution in [3.05, 3.63) is 0 Å². The van der Waals surface area contributed by atoms with E-state index in [4.69, 9.17) is 61.9 Å². The zero-order valence-corrected chi connectivity index (χ0v) is 37.7. The van der Waals surface area contributed by atoms with Crippen molar-refractivity contribution in [2.24, 2.45) is 0 Å². The number of hydrogen-bond acceptors (Lipinski definition) is 23. The molecule has 8 atom stereocenters. The van der Waals surface area contributed by atoms with Gasteiger partial charge in [0.2, 0.25) is 0 Å². The normalized spacial score (nSPS) is 16.0. The number of aliphatic hydroxyl groups is 9. The number of nitrogens with zero attached hydrogens (tertiary/aromatic N) is 1. The Balaban J connectivity index is 3.68. The summed E-state index contributed by atoms with van der Waals surface area (Å²) in [7, 11) is 1.88. The number of likely N-dealkylation sites (N-methyl/N-ethyl adjacent to an activating group) is 1. The average Bonchev–Trinajstić information content (AvgIpc) is 3.29. The van der Waals surface area contributed by atoms with Crippen LogP contribution in [0.15, 0.2) is 0 Å². The maximum atomic E-state index is 10.5. The van der Waals surface area contributed by atoms with E-state index in [0.717, 1.165) is 6.54 Å². The molecule has 0 spiro atoms. The molecule has 0 aromatic carbocycles. The van der Waals surface area contributed by atoms with Gasteiger partial charge in [-0.15, -0.1) is 0 Å². The lowest BCUT2D eigenvalue weighted by molar-refractivity contribution is -0.128. The molecular formula is C40H84N2O21. The van der Waals surface area contributed by atoms with Gasteiger partial charge >= 0.3 is 0 Å². The molecule has 0 aliphatic carbocycles. The Labute approximate surface area is 373 Å². The van der Waals surface area contributed by atoms with Crippen molar-refractivity contribution in [2.45, 2.75) is 62.2 Å². The minimum atomic E-state index is -1.85. The summed E-state index contributed by atoms with van der Waals surface area (Å²) >= 11 is 0. The lowest BCUT2D eigenvalue weighted by Gasteiger charge is -2.33. The molecule has 380 valence electrons. The molecule has 0 aliphatic rings. The van der Waals surface area contributed by atoms with Gasteiger partial charge in [0.15, 0.2) is 0 Å². The Kier molecular flexibility index (Phi) is 45.5. The van der Waals surface area contributed by atoms with E-state index in [0.29, 0.717) is 139 Å². The molecule has 0 aliphatic heterocycles. The Morgan fingerprint density at radius 1 is 0.349 bits per heavy atom. The molecule has 10 N–H and O–H groups in total. The second-order valence-corrected chi connectivity index (χ2v) is 14.0. The van der Waals surface area contributed by atoms with Crippen LogP contribution in [0.5, 0.6) is 0 Å². The van der Waals surface area contributed by atoms with E-state index < -0.39 is 55.4 Å². The van der Waals surface area contributed by atoms with Crippen molar-refractivity contribution in [1.82, 2.24) is 10.2 Å². The number of hydrogen-bond donors (Lipinski definition) is 10. The first kappa shape index (κ1) is 62.1. The number of ether oxygens (including phenoxy) is 12. The molecule has 23 heteroatoms. The van der Waals surface area contributed by atoms with Gasteiger partial charge in [0.05, 0.1) is 183 Å². The minimum Gasteiger partial charge on any atom is -0.394 e. The van der Waals surface area contributed by atoms with Gasteiger partial charge in [0, 0.05) is 26.2 Å². The Morgan fingerprint density at radius 3 is 0.841 bits per heavy atom. The minimum absolute atomic E-state index is 0.0800. The summed E-state index contributed by atoms with van der Waals surface area (Å²) in [6.45, 7) is 11.4. The number of rotatable bonds is 51. The number of nitrogens with one attached hydrogen (secondary N) is 1. The Morgan fingerprint density at radius 2 is 0.587 bits per heavy atom. The highest BCUT2D eigenvalue weighted by molar-refractivity contribution is 4.86. The Hall–Kier alpha value is -0.920. The Bertz CT molecular complexity index is 898. The first-order chi connectivity index (χ1) is 30.6. The lowest BCUT2D eigenvalue weighted by Crippen LogP contribution is -2.53. The third-order valence-corrected chi connectivity index (χ3v) is 8.91. The molecular weight excluding hydrogens is 844 g/mol. The van der Waals surface area contributed by atoms with Crippen molar-refractivity contribution in [3.63, 3.8) is 0 Å². The summed E-state index contributed by atoms with van der Waals surface area (Å²) in [6.07, 6.45) is -13.0. The van der Waals surface area contributed by atoms with Crippen LogP contribution in [-0.2, 0) is 56.8 Å². The summed E-state index contributed by atoms with van der Waals surface area (Å²) in [6, 6.07) is 0. The molecule has 0 fully saturated rings. The summed E-state index contributed by atoms with van der Waals surface area (Å²) < 4.78 is 65.6. The summed E-state index contributed by atoms with van der Waals surface area (Å²) in [5, 5.41) is 93.0. The first-order valence-electron chi connectivity index (χ1n) is 22.0. The van der Waals surface area contributed by atoms with Crippen LogP contribution in [0.3, 0.4) is 0 Å². The maximum absolute atomic E-state index is 10.5. The summed E-state index contributed by atoms with van der Waals surface area (Å²) in [5.74, 6) is 0. The van der Waals surface area contributed by atoms with Gasteiger partial charge in [-0.1, -0.05) is 6.92 Å². The predicted molar refractivity (Wildman–Crippen MR) is 226 cm³/mol. The maximum Gasteiger partial charge on any atom is 0.111 e. The van der Waals surface area contributed by atoms with E-state index in [-0.39, 0.29) is 45.9 Å². The molecule has 0 radical (unpaired) electrons. The fraction of sp³-hybridized carbons (Fsp3) is 1.00. The monoisotopic (exact) mass is 929 g/mol.